The minimum atomic E-state index is -2.91. The van der Waals surface area contributed by atoms with E-state index >= 15 is 0 Å². The summed E-state index contributed by atoms with van der Waals surface area (Å²) in [5.74, 6) is 0.568. The van der Waals surface area contributed by atoms with E-state index in [0.29, 0.717) is 12.3 Å². The van der Waals surface area contributed by atoms with Crippen LogP contribution in [0.15, 0.2) is 18.2 Å². The van der Waals surface area contributed by atoms with Crippen molar-refractivity contribution in [3.63, 3.8) is 0 Å². The molecule has 19 heavy (non-hydrogen) atoms. The van der Waals surface area contributed by atoms with Crippen molar-refractivity contribution < 1.29 is 13.5 Å². The number of hydrogen-bond acceptors (Lipinski definition) is 4. The molecular formula is C14H21NO3S. The monoisotopic (exact) mass is 283 g/mol. The molecule has 0 saturated carbocycles. The second kappa shape index (κ2) is 5.51. The van der Waals surface area contributed by atoms with Gasteiger partial charge in [-0.2, -0.15) is 0 Å². The van der Waals surface area contributed by atoms with Gasteiger partial charge in [-0.15, -0.1) is 0 Å². The average Bonchev–Trinajstić information content (AvgIpc) is 2.65. The van der Waals surface area contributed by atoms with E-state index in [9.17, 15) is 13.5 Å². The summed E-state index contributed by atoms with van der Waals surface area (Å²) < 4.78 is 23.5. The molecule has 1 fully saturated rings. The Balaban J connectivity index is 2.00. The van der Waals surface area contributed by atoms with Crippen LogP contribution < -0.4 is 5.32 Å². The van der Waals surface area contributed by atoms with E-state index in [2.05, 4.69) is 5.32 Å². The summed E-state index contributed by atoms with van der Waals surface area (Å²) in [6.07, 6.45) is 1.50. The maximum absolute atomic E-state index is 11.7. The quantitative estimate of drug-likeness (QED) is 0.886. The molecule has 0 amide bonds. The van der Waals surface area contributed by atoms with Crippen molar-refractivity contribution >= 4 is 9.84 Å². The molecule has 1 saturated heterocycles. The van der Waals surface area contributed by atoms with Crippen LogP contribution >= 0.6 is 0 Å². The highest BCUT2D eigenvalue weighted by atomic mass is 32.2. The van der Waals surface area contributed by atoms with Gasteiger partial charge in [0.1, 0.15) is 5.75 Å². The molecule has 1 aliphatic heterocycles. The molecule has 2 N–H and O–H groups in total. The van der Waals surface area contributed by atoms with Crippen LogP contribution in [0.3, 0.4) is 0 Å². The summed E-state index contributed by atoms with van der Waals surface area (Å²) in [7, 11) is -2.91. The second-order valence-corrected chi connectivity index (χ2v) is 7.72. The van der Waals surface area contributed by atoms with Gasteiger partial charge in [-0.1, -0.05) is 12.1 Å². The number of phenols is 1. The summed E-state index contributed by atoms with van der Waals surface area (Å²) in [5, 5.41) is 12.8. The molecule has 1 aromatic rings. The highest BCUT2D eigenvalue weighted by Crippen LogP contribution is 2.26. The maximum atomic E-state index is 11.7. The van der Waals surface area contributed by atoms with E-state index in [1.54, 1.807) is 6.07 Å². The van der Waals surface area contributed by atoms with Crippen LogP contribution in [-0.2, 0) is 9.84 Å². The van der Waals surface area contributed by atoms with Gasteiger partial charge in [-0.25, -0.2) is 8.42 Å². The Bertz CT molecular complexity index is 554. The zero-order valence-corrected chi connectivity index (χ0v) is 12.2. The van der Waals surface area contributed by atoms with Crippen LogP contribution in [0.4, 0.5) is 0 Å². The molecule has 0 spiro atoms. The van der Waals surface area contributed by atoms with Gasteiger partial charge < -0.3 is 10.4 Å². The molecule has 1 heterocycles. The van der Waals surface area contributed by atoms with E-state index in [-0.39, 0.29) is 17.0 Å². The predicted octanol–water partition coefficient (Wildman–Crippen LogP) is 1.93. The average molecular weight is 283 g/mol. The van der Waals surface area contributed by atoms with E-state index in [4.69, 9.17) is 0 Å². The van der Waals surface area contributed by atoms with E-state index < -0.39 is 9.84 Å². The molecule has 5 heteroatoms. The normalized spacial score (nSPS) is 23.4. The van der Waals surface area contributed by atoms with Gasteiger partial charge in [0.25, 0.3) is 0 Å². The molecular weight excluding hydrogens is 262 g/mol. The molecule has 0 bridgehead atoms. The molecule has 1 aliphatic rings. The summed E-state index contributed by atoms with van der Waals surface area (Å²) in [4.78, 5) is 0. The van der Waals surface area contributed by atoms with Crippen molar-refractivity contribution in [3.8, 4) is 5.75 Å². The lowest BCUT2D eigenvalue weighted by Gasteiger charge is -2.18. The Morgan fingerprint density at radius 3 is 2.79 bits per heavy atom. The van der Waals surface area contributed by atoms with Crippen molar-refractivity contribution in [2.24, 2.45) is 0 Å². The summed E-state index contributed by atoms with van der Waals surface area (Å²) in [6, 6.07) is 5.49. The van der Waals surface area contributed by atoms with Crippen LogP contribution in [0.2, 0.25) is 0 Å². The summed E-state index contributed by atoms with van der Waals surface area (Å²) in [5.41, 5.74) is 1.81. The number of rotatable bonds is 4. The first-order valence-corrected chi connectivity index (χ1v) is 8.36. The first-order chi connectivity index (χ1) is 8.90. The predicted molar refractivity (Wildman–Crippen MR) is 76.1 cm³/mol. The third-order valence-corrected chi connectivity index (χ3v) is 6.04. The third-order valence-electron chi connectivity index (χ3n) is 3.77. The Labute approximate surface area is 114 Å². The van der Waals surface area contributed by atoms with Crippen molar-refractivity contribution in [1.29, 1.82) is 0 Å². The molecule has 106 valence electrons. The van der Waals surface area contributed by atoms with Crippen LogP contribution in [0.25, 0.3) is 0 Å². The number of benzene rings is 1. The van der Waals surface area contributed by atoms with Crippen LogP contribution in [0.5, 0.6) is 5.75 Å². The zero-order chi connectivity index (χ0) is 14.0. The molecule has 4 nitrogen and oxygen atoms in total. The molecule has 0 radical (unpaired) electrons. The Morgan fingerprint density at radius 2 is 2.21 bits per heavy atom. The van der Waals surface area contributed by atoms with Gasteiger partial charge in [-0.3, -0.25) is 0 Å². The Hall–Kier alpha value is -1.07. The summed E-state index contributed by atoms with van der Waals surface area (Å²) >= 11 is 0. The van der Waals surface area contributed by atoms with E-state index in [1.165, 1.54) is 0 Å². The minimum absolute atomic E-state index is 0.0589. The van der Waals surface area contributed by atoms with Crippen LogP contribution in [0.1, 0.15) is 36.9 Å². The van der Waals surface area contributed by atoms with Crippen molar-refractivity contribution in [2.75, 3.05) is 12.3 Å². The molecule has 0 aromatic heterocycles. The fourth-order valence-corrected chi connectivity index (χ4v) is 4.30. The lowest BCUT2D eigenvalue weighted by molar-refractivity contribution is 0.451. The first kappa shape index (κ1) is 14.3. The Morgan fingerprint density at radius 1 is 1.47 bits per heavy atom. The first-order valence-electron chi connectivity index (χ1n) is 6.64. The van der Waals surface area contributed by atoms with Crippen LogP contribution in [0, 0.1) is 6.92 Å². The third kappa shape index (κ3) is 3.28. The fourth-order valence-electron chi connectivity index (χ4n) is 2.53. The van der Waals surface area contributed by atoms with Gasteiger partial charge in [0.2, 0.25) is 0 Å². The van der Waals surface area contributed by atoms with Gasteiger partial charge in [0, 0.05) is 18.2 Å². The van der Waals surface area contributed by atoms with Crippen molar-refractivity contribution in [3.05, 3.63) is 29.3 Å². The molecule has 1 aromatic carbocycles. The van der Waals surface area contributed by atoms with Gasteiger partial charge in [-0.05, 0) is 38.3 Å². The molecule has 2 unspecified atom stereocenters. The van der Waals surface area contributed by atoms with Gasteiger partial charge in [0.05, 0.1) is 11.0 Å². The lowest BCUT2D eigenvalue weighted by atomic mass is 10.0. The zero-order valence-electron chi connectivity index (χ0n) is 11.4. The smallest absolute Gasteiger partial charge is 0.154 e. The van der Waals surface area contributed by atoms with E-state index in [0.717, 1.165) is 24.0 Å². The summed E-state index contributed by atoms with van der Waals surface area (Å²) in [6.45, 7) is 4.31. The highest BCUT2D eigenvalue weighted by Gasteiger charge is 2.31. The fraction of sp³-hybridized carbons (Fsp3) is 0.571. The number of nitrogens with one attached hydrogen (secondary N) is 1. The Kier molecular flexibility index (Phi) is 4.16. The topological polar surface area (TPSA) is 66.4 Å². The molecule has 2 atom stereocenters. The van der Waals surface area contributed by atoms with Gasteiger partial charge >= 0.3 is 0 Å². The highest BCUT2D eigenvalue weighted by molar-refractivity contribution is 7.92. The van der Waals surface area contributed by atoms with Crippen LogP contribution in [-0.4, -0.2) is 31.1 Å². The second-order valence-electron chi connectivity index (χ2n) is 5.32. The molecule has 0 aliphatic carbocycles. The van der Waals surface area contributed by atoms with Gasteiger partial charge in [0.15, 0.2) is 9.84 Å². The largest absolute Gasteiger partial charge is 0.508 e. The van der Waals surface area contributed by atoms with E-state index in [1.807, 2.05) is 26.0 Å². The maximum Gasteiger partial charge on any atom is 0.154 e. The number of aryl methyl sites for hydroxylation is 1. The van der Waals surface area contributed by atoms with Crippen molar-refractivity contribution in [2.45, 2.75) is 38.0 Å². The number of hydrogen-bond donors (Lipinski definition) is 2. The molecule has 2 rings (SSSR count). The minimum Gasteiger partial charge on any atom is -0.508 e. The standard InChI is InChI=1S/C14H21NO3S/c1-10-5-6-13(14(16)8-10)11(2)15-9-12-4-3-7-19(12,17)18/h5-6,8,11-12,15-16H,3-4,7,9H2,1-2H3. The number of phenolic OH excluding ortho intramolecular Hbond substituents is 1. The lowest BCUT2D eigenvalue weighted by Crippen LogP contribution is -2.32. The SMILES string of the molecule is Cc1ccc(C(C)NCC2CCCS2(=O)=O)c(O)c1. The number of sulfone groups is 1. The van der Waals surface area contributed by atoms with Crippen molar-refractivity contribution in [1.82, 2.24) is 5.32 Å². The number of aromatic hydroxyl groups is 1.